The van der Waals surface area contributed by atoms with Crippen molar-refractivity contribution in [2.45, 2.75) is 4.90 Å². The maximum Gasteiger partial charge on any atom is 0.227 e. The molecule has 0 atom stereocenters. The van der Waals surface area contributed by atoms with Gasteiger partial charge in [-0.1, -0.05) is 24.3 Å². The minimum atomic E-state index is -0.245. The highest BCUT2D eigenvalue weighted by molar-refractivity contribution is 8.00. The number of fused-ring (bicyclic) bond motifs is 3. The van der Waals surface area contributed by atoms with Crippen molar-refractivity contribution in [3.8, 4) is 11.3 Å². The number of hydrogen-bond donors (Lipinski definition) is 2. The van der Waals surface area contributed by atoms with Gasteiger partial charge in [-0.05, 0) is 36.2 Å². The molecule has 1 fully saturated rings. The Morgan fingerprint density at radius 3 is 2.81 bits per heavy atom. The van der Waals surface area contributed by atoms with Crippen molar-refractivity contribution in [3.05, 3.63) is 67.1 Å². The van der Waals surface area contributed by atoms with E-state index in [2.05, 4.69) is 43.5 Å². The lowest BCUT2D eigenvalue weighted by molar-refractivity contribution is 0.566. The number of para-hydroxylation sites is 1. The van der Waals surface area contributed by atoms with E-state index >= 15 is 0 Å². The van der Waals surface area contributed by atoms with E-state index in [1.54, 1.807) is 11.9 Å². The van der Waals surface area contributed by atoms with E-state index in [1.165, 1.54) is 6.07 Å². The zero-order valence-corrected chi connectivity index (χ0v) is 17.8. The first-order valence-electron chi connectivity index (χ1n) is 10.3. The number of nitrogens with zero attached hydrogens (tertiary/aromatic N) is 4. The van der Waals surface area contributed by atoms with E-state index in [-0.39, 0.29) is 5.82 Å². The molecular weight excluding hydrogens is 411 g/mol. The van der Waals surface area contributed by atoms with E-state index in [0.717, 1.165) is 54.6 Å². The second-order valence-electron chi connectivity index (χ2n) is 7.39. The van der Waals surface area contributed by atoms with Gasteiger partial charge in [0.1, 0.15) is 5.82 Å². The zero-order chi connectivity index (χ0) is 21.2. The fraction of sp³-hybridized carbons (Fsp3) is 0.217. The predicted molar refractivity (Wildman–Crippen MR) is 126 cm³/mol. The van der Waals surface area contributed by atoms with E-state index in [4.69, 9.17) is 4.98 Å². The fourth-order valence-electron chi connectivity index (χ4n) is 3.88. The average molecular weight is 435 g/mol. The molecule has 0 unspecified atom stereocenters. The highest BCUT2D eigenvalue weighted by Crippen LogP contribution is 2.45. The molecule has 31 heavy (non-hydrogen) atoms. The highest BCUT2D eigenvalue weighted by Gasteiger charge is 2.24. The van der Waals surface area contributed by atoms with Crippen LogP contribution >= 0.6 is 11.9 Å². The van der Waals surface area contributed by atoms with Crippen LogP contribution in [-0.2, 0) is 0 Å². The number of hydrogen-bond acceptors (Lipinski definition) is 7. The standard InChI is InChI=1S/C23H23FN6S/c1-2-11-30-19-6-4-3-5-17(19)22-21(31-30)15-26-23(28-22)27-16-7-8-20(18(24)14-16)29-12-9-25-10-13-29/h2-8,14-15,25H,1,9-13H2,(H,26,27,28). The molecule has 3 heterocycles. The van der Waals surface area contributed by atoms with Crippen LogP contribution in [0.3, 0.4) is 0 Å². The summed E-state index contributed by atoms with van der Waals surface area (Å²) in [7, 11) is 0. The summed E-state index contributed by atoms with van der Waals surface area (Å²) in [6.07, 6.45) is 3.69. The summed E-state index contributed by atoms with van der Waals surface area (Å²) in [6, 6.07) is 13.4. The van der Waals surface area contributed by atoms with Gasteiger partial charge in [0.05, 0.1) is 22.0 Å². The van der Waals surface area contributed by atoms with Crippen molar-refractivity contribution < 1.29 is 4.39 Å². The molecule has 2 aromatic carbocycles. The van der Waals surface area contributed by atoms with Crippen LogP contribution in [0.15, 0.2) is 66.2 Å². The summed E-state index contributed by atoms with van der Waals surface area (Å²) in [5.74, 6) is 0.200. The molecule has 0 saturated carbocycles. The Kier molecular flexibility index (Phi) is 5.48. The monoisotopic (exact) mass is 434 g/mol. The predicted octanol–water partition coefficient (Wildman–Crippen LogP) is 4.45. The molecule has 0 radical (unpaired) electrons. The summed E-state index contributed by atoms with van der Waals surface area (Å²) in [4.78, 5) is 12.3. The van der Waals surface area contributed by atoms with Crippen molar-refractivity contribution in [2.75, 3.05) is 47.2 Å². The summed E-state index contributed by atoms with van der Waals surface area (Å²) in [5, 5.41) is 6.45. The third-order valence-corrected chi connectivity index (χ3v) is 6.41. The average Bonchev–Trinajstić information content (AvgIpc) is 2.80. The third-order valence-electron chi connectivity index (χ3n) is 5.35. The first kappa shape index (κ1) is 19.8. The maximum atomic E-state index is 14.8. The van der Waals surface area contributed by atoms with E-state index in [9.17, 15) is 4.39 Å². The van der Waals surface area contributed by atoms with Crippen LogP contribution in [0.4, 0.5) is 27.4 Å². The first-order chi connectivity index (χ1) is 15.2. The Hall–Kier alpha value is -3.10. The van der Waals surface area contributed by atoms with Gasteiger partial charge in [-0.25, -0.2) is 14.4 Å². The van der Waals surface area contributed by atoms with Crippen molar-refractivity contribution in [1.82, 2.24) is 15.3 Å². The molecule has 0 spiro atoms. The molecule has 8 heteroatoms. The van der Waals surface area contributed by atoms with Gasteiger partial charge in [0.25, 0.3) is 0 Å². The van der Waals surface area contributed by atoms with E-state index in [1.807, 2.05) is 36.5 Å². The first-order valence-corrected chi connectivity index (χ1v) is 11.1. The Morgan fingerprint density at radius 2 is 2.00 bits per heavy atom. The number of aromatic nitrogens is 2. The van der Waals surface area contributed by atoms with Gasteiger partial charge >= 0.3 is 0 Å². The van der Waals surface area contributed by atoms with Gasteiger partial charge in [-0.3, -0.25) is 0 Å². The fourth-order valence-corrected chi connectivity index (χ4v) is 4.90. The van der Waals surface area contributed by atoms with Crippen LogP contribution < -0.4 is 19.8 Å². The number of nitrogens with one attached hydrogen (secondary N) is 2. The normalized spacial score (nSPS) is 15.3. The molecule has 5 rings (SSSR count). The van der Waals surface area contributed by atoms with Crippen LogP contribution in [0.2, 0.25) is 0 Å². The molecule has 0 aliphatic carbocycles. The molecular formula is C23H23FN6S. The van der Waals surface area contributed by atoms with Gasteiger partial charge in [-0.2, -0.15) is 0 Å². The van der Waals surface area contributed by atoms with Gasteiger partial charge < -0.3 is 19.8 Å². The topological polar surface area (TPSA) is 56.3 Å². The van der Waals surface area contributed by atoms with Gasteiger partial charge in [0.15, 0.2) is 0 Å². The van der Waals surface area contributed by atoms with Crippen molar-refractivity contribution in [3.63, 3.8) is 0 Å². The van der Waals surface area contributed by atoms with Gasteiger partial charge in [-0.15, -0.1) is 6.58 Å². The molecule has 3 aromatic rings. The number of piperazine rings is 1. The van der Waals surface area contributed by atoms with Crippen molar-refractivity contribution in [2.24, 2.45) is 0 Å². The van der Waals surface area contributed by atoms with E-state index in [0.29, 0.717) is 17.3 Å². The number of anilines is 4. The summed E-state index contributed by atoms with van der Waals surface area (Å²) in [6.45, 7) is 7.92. The molecule has 1 aromatic heterocycles. The zero-order valence-electron chi connectivity index (χ0n) is 17.0. The quantitative estimate of drug-likeness (QED) is 0.455. The van der Waals surface area contributed by atoms with Crippen LogP contribution in [0.1, 0.15) is 0 Å². The van der Waals surface area contributed by atoms with Crippen LogP contribution in [0, 0.1) is 5.82 Å². The lowest BCUT2D eigenvalue weighted by atomic mass is 10.1. The van der Waals surface area contributed by atoms with Crippen LogP contribution in [-0.4, -0.2) is 42.7 Å². The SMILES string of the molecule is C=CCN1Sc2cnc(Nc3ccc(N4CCNCC4)c(F)c3)nc2-c2ccccc21. The highest BCUT2D eigenvalue weighted by atomic mass is 32.2. The number of benzene rings is 2. The molecule has 2 aliphatic rings. The second kappa shape index (κ2) is 8.56. The molecule has 2 N–H and O–H groups in total. The molecule has 1 saturated heterocycles. The summed E-state index contributed by atoms with van der Waals surface area (Å²) >= 11 is 1.60. The lowest BCUT2D eigenvalue weighted by Crippen LogP contribution is -2.43. The Balaban J connectivity index is 1.41. The number of halogens is 1. The maximum absolute atomic E-state index is 14.8. The minimum absolute atomic E-state index is 0.245. The Morgan fingerprint density at radius 1 is 1.16 bits per heavy atom. The third kappa shape index (κ3) is 3.96. The van der Waals surface area contributed by atoms with Crippen LogP contribution in [0.5, 0.6) is 0 Å². The molecule has 6 nitrogen and oxygen atoms in total. The second-order valence-corrected chi connectivity index (χ2v) is 8.46. The molecule has 0 amide bonds. The Labute approximate surface area is 185 Å². The van der Waals surface area contributed by atoms with Gasteiger partial charge in [0, 0.05) is 50.2 Å². The van der Waals surface area contributed by atoms with E-state index < -0.39 is 0 Å². The molecule has 2 aliphatic heterocycles. The van der Waals surface area contributed by atoms with Crippen molar-refractivity contribution >= 4 is 35.0 Å². The number of rotatable bonds is 5. The lowest BCUT2D eigenvalue weighted by Gasteiger charge is -2.30. The van der Waals surface area contributed by atoms with Crippen LogP contribution in [0.25, 0.3) is 11.3 Å². The molecule has 0 bridgehead atoms. The smallest absolute Gasteiger partial charge is 0.227 e. The summed E-state index contributed by atoms with van der Waals surface area (Å²) < 4.78 is 16.9. The summed E-state index contributed by atoms with van der Waals surface area (Å²) in [5.41, 5.74) is 4.27. The van der Waals surface area contributed by atoms with Gasteiger partial charge in [0.2, 0.25) is 5.95 Å². The van der Waals surface area contributed by atoms with Crippen molar-refractivity contribution in [1.29, 1.82) is 0 Å². The minimum Gasteiger partial charge on any atom is -0.367 e. The molecule has 158 valence electrons. The largest absolute Gasteiger partial charge is 0.367 e. The Bertz CT molecular complexity index is 1110.